The quantitative estimate of drug-likeness (QED) is 0.474. The monoisotopic (exact) mass is 458 g/mol. The summed E-state index contributed by atoms with van der Waals surface area (Å²) in [5, 5.41) is 15.7. The van der Waals surface area contributed by atoms with Crippen LogP contribution in [0, 0.1) is 11.7 Å². The highest BCUT2D eigenvalue weighted by Crippen LogP contribution is 2.22. The molecular weight excluding hydrogens is 435 g/mol. The van der Waals surface area contributed by atoms with Crippen molar-refractivity contribution in [2.24, 2.45) is 5.92 Å². The van der Waals surface area contributed by atoms with Gasteiger partial charge in [0.2, 0.25) is 5.91 Å². The maximum Gasteiger partial charge on any atom is 0.223 e. The minimum Gasteiger partial charge on any atom is -0.355 e. The molecule has 4 heterocycles. The fraction of sp³-hybridized carbons (Fsp3) is 0.250. The van der Waals surface area contributed by atoms with Crippen molar-refractivity contribution < 1.29 is 9.18 Å². The SMILES string of the molecule is O=C(NCc1cc(-c2ccc(F)cc2)ncn1)C1CCN(c2ccc(-n3cccn3)nn2)CC1. The number of amides is 1. The summed E-state index contributed by atoms with van der Waals surface area (Å²) >= 11 is 0. The molecule has 1 fully saturated rings. The number of benzene rings is 1. The molecule has 0 aliphatic carbocycles. The molecule has 1 aliphatic rings. The van der Waals surface area contributed by atoms with Crippen LogP contribution in [0.5, 0.6) is 0 Å². The Kier molecular flexibility index (Phi) is 6.19. The molecule has 1 saturated heterocycles. The lowest BCUT2D eigenvalue weighted by Gasteiger charge is -2.31. The molecule has 0 atom stereocenters. The summed E-state index contributed by atoms with van der Waals surface area (Å²) in [6.45, 7) is 1.78. The number of anilines is 1. The predicted octanol–water partition coefficient (Wildman–Crippen LogP) is 2.79. The Morgan fingerprint density at radius 2 is 1.79 bits per heavy atom. The third-order valence-corrected chi connectivity index (χ3v) is 5.87. The van der Waals surface area contributed by atoms with E-state index in [2.05, 4.69) is 35.5 Å². The fourth-order valence-electron chi connectivity index (χ4n) is 3.98. The molecule has 0 bridgehead atoms. The molecule has 1 N–H and O–H groups in total. The molecule has 3 aromatic heterocycles. The second-order valence-corrected chi connectivity index (χ2v) is 8.08. The highest BCUT2D eigenvalue weighted by molar-refractivity contribution is 5.79. The van der Waals surface area contributed by atoms with Crippen molar-refractivity contribution in [2.75, 3.05) is 18.0 Å². The number of halogens is 1. The van der Waals surface area contributed by atoms with Gasteiger partial charge >= 0.3 is 0 Å². The van der Waals surface area contributed by atoms with Gasteiger partial charge in [-0.25, -0.2) is 19.0 Å². The smallest absolute Gasteiger partial charge is 0.223 e. The highest BCUT2D eigenvalue weighted by Gasteiger charge is 2.25. The molecule has 1 amide bonds. The van der Waals surface area contributed by atoms with E-state index in [1.165, 1.54) is 18.5 Å². The lowest BCUT2D eigenvalue weighted by atomic mass is 9.96. The standard InChI is InChI=1S/C24H23FN8O/c25-19-4-2-17(3-5-19)21-14-20(27-16-28-21)15-26-24(34)18-8-12-32(13-9-18)22-6-7-23(31-30-22)33-11-1-10-29-33/h1-7,10-11,14,16,18H,8-9,12-13,15H2,(H,26,34). The summed E-state index contributed by atoms with van der Waals surface area (Å²) in [5.74, 6) is 1.11. The van der Waals surface area contributed by atoms with Gasteiger partial charge in [-0.05, 0) is 61.4 Å². The topological polar surface area (TPSA) is 102 Å². The van der Waals surface area contributed by atoms with Gasteiger partial charge in [-0.1, -0.05) is 0 Å². The summed E-state index contributed by atoms with van der Waals surface area (Å²) in [7, 11) is 0. The Morgan fingerprint density at radius 1 is 1.03 bits per heavy atom. The van der Waals surface area contributed by atoms with Crippen LogP contribution < -0.4 is 10.2 Å². The largest absolute Gasteiger partial charge is 0.355 e. The molecule has 10 heteroatoms. The van der Waals surface area contributed by atoms with Crippen LogP contribution in [0.4, 0.5) is 10.2 Å². The van der Waals surface area contributed by atoms with Crippen molar-refractivity contribution in [3.05, 3.63) is 78.8 Å². The van der Waals surface area contributed by atoms with Gasteiger partial charge in [-0.3, -0.25) is 4.79 Å². The number of nitrogens with zero attached hydrogens (tertiary/aromatic N) is 7. The second-order valence-electron chi connectivity index (χ2n) is 8.08. The van der Waals surface area contributed by atoms with E-state index >= 15 is 0 Å². The van der Waals surface area contributed by atoms with Crippen molar-refractivity contribution in [1.29, 1.82) is 0 Å². The van der Waals surface area contributed by atoms with Crippen molar-refractivity contribution in [3.8, 4) is 17.1 Å². The van der Waals surface area contributed by atoms with Crippen LogP contribution in [0.2, 0.25) is 0 Å². The van der Waals surface area contributed by atoms with Gasteiger partial charge in [0.25, 0.3) is 0 Å². The lowest BCUT2D eigenvalue weighted by Crippen LogP contribution is -2.40. The van der Waals surface area contributed by atoms with E-state index in [-0.39, 0.29) is 17.6 Å². The van der Waals surface area contributed by atoms with E-state index in [0.717, 1.165) is 37.3 Å². The van der Waals surface area contributed by atoms with Gasteiger partial charge in [0, 0.05) is 37.0 Å². The Morgan fingerprint density at radius 3 is 2.50 bits per heavy atom. The zero-order valence-electron chi connectivity index (χ0n) is 18.4. The second kappa shape index (κ2) is 9.74. The van der Waals surface area contributed by atoms with Crippen LogP contribution in [0.25, 0.3) is 17.1 Å². The van der Waals surface area contributed by atoms with E-state index in [0.29, 0.717) is 23.8 Å². The Labute approximate surface area is 195 Å². The minimum atomic E-state index is -0.297. The molecule has 9 nitrogen and oxygen atoms in total. The van der Waals surface area contributed by atoms with Gasteiger partial charge in [0.05, 0.1) is 17.9 Å². The number of hydrogen-bond acceptors (Lipinski definition) is 7. The summed E-state index contributed by atoms with van der Waals surface area (Å²) in [6, 6.07) is 13.6. The average Bonchev–Trinajstić information content (AvgIpc) is 3.43. The molecule has 0 spiro atoms. The predicted molar refractivity (Wildman–Crippen MR) is 123 cm³/mol. The van der Waals surface area contributed by atoms with E-state index < -0.39 is 0 Å². The molecule has 1 aliphatic heterocycles. The van der Waals surface area contributed by atoms with Gasteiger partial charge in [0.15, 0.2) is 11.6 Å². The number of hydrogen-bond donors (Lipinski definition) is 1. The number of piperidine rings is 1. The van der Waals surface area contributed by atoms with Crippen molar-refractivity contribution >= 4 is 11.7 Å². The number of nitrogens with one attached hydrogen (secondary N) is 1. The Hall–Kier alpha value is -4.21. The molecule has 0 radical (unpaired) electrons. The normalized spacial score (nSPS) is 14.2. The van der Waals surface area contributed by atoms with Gasteiger partial charge in [-0.15, -0.1) is 10.2 Å². The molecular formula is C24H23FN8O. The molecule has 0 saturated carbocycles. The van der Waals surface area contributed by atoms with Crippen molar-refractivity contribution in [3.63, 3.8) is 0 Å². The third kappa shape index (κ3) is 4.90. The van der Waals surface area contributed by atoms with E-state index in [1.54, 1.807) is 23.0 Å². The first kappa shape index (κ1) is 21.6. The Bertz CT molecular complexity index is 1240. The Balaban J connectivity index is 1.13. The van der Waals surface area contributed by atoms with Crippen LogP contribution in [0.15, 0.2) is 67.3 Å². The van der Waals surface area contributed by atoms with Crippen LogP contribution in [0.3, 0.4) is 0 Å². The first-order valence-electron chi connectivity index (χ1n) is 11.1. The summed E-state index contributed by atoms with van der Waals surface area (Å²) < 4.78 is 14.8. The number of carbonyl (C=O) groups is 1. The number of carbonyl (C=O) groups excluding carboxylic acids is 1. The maximum atomic E-state index is 13.2. The van der Waals surface area contributed by atoms with Crippen LogP contribution in [-0.4, -0.2) is 48.9 Å². The van der Waals surface area contributed by atoms with E-state index in [1.807, 2.05) is 30.5 Å². The van der Waals surface area contributed by atoms with Crippen LogP contribution >= 0.6 is 0 Å². The summed E-state index contributed by atoms with van der Waals surface area (Å²) in [5.41, 5.74) is 2.18. The number of aromatic nitrogens is 6. The summed E-state index contributed by atoms with van der Waals surface area (Å²) in [6.07, 6.45) is 6.44. The minimum absolute atomic E-state index is 0.0155. The van der Waals surface area contributed by atoms with Crippen molar-refractivity contribution in [1.82, 2.24) is 35.3 Å². The van der Waals surface area contributed by atoms with Gasteiger partial charge in [-0.2, -0.15) is 5.10 Å². The zero-order chi connectivity index (χ0) is 23.3. The highest BCUT2D eigenvalue weighted by atomic mass is 19.1. The maximum absolute atomic E-state index is 13.2. The molecule has 172 valence electrons. The molecule has 1 aromatic carbocycles. The molecule has 0 unspecified atom stereocenters. The number of rotatable bonds is 6. The van der Waals surface area contributed by atoms with Crippen LogP contribution in [-0.2, 0) is 11.3 Å². The van der Waals surface area contributed by atoms with E-state index in [9.17, 15) is 9.18 Å². The summed E-state index contributed by atoms with van der Waals surface area (Å²) in [4.78, 5) is 23.4. The molecule has 5 rings (SSSR count). The fourth-order valence-corrected chi connectivity index (χ4v) is 3.98. The lowest BCUT2D eigenvalue weighted by molar-refractivity contribution is -0.125. The first-order chi connectivity index (χ1) is 16.7. The molecule has 4 aromatic rings. The zero-order valence-corrected chi connectivity index (χ0v) is 18.4. The van der Waals surface area contributed by atoms with Gasteiger partial charge < -0.3 is 10.2 Å². The van der Waals surface area contributed by atoms with Gasteiger partial charge in [0.1, 0.15) is 12.1 Å². The third-order valence-electron chi connectivity index (χ3n) is 5.87. The van der Waals surface area contributed by atoms with Crippen LogP contribution in [0.1, 0.15) is 18.5 Å². The molecule has 34 heavy (non-hydrogen) atoms. The first-order valence-corrected chi connectivity index (χ1v) is 11.1. The average molecular weight is 459 g/mol. The van der Waals surface area contributed by atoms with Crippen molar-refractivity contribution in [2.45, 2.75) is 19.4 Å². The van der Waals surface area contributed by atoms with E-state index in [4.69, 9.17) is 0 Å².